The molecule has 1 aliphatic heterocycles. The summed E-state index contributed by atoms with van der Waals surface area (Å²) < 4.78 is 4.62. The number of methoxy groups -OCH3 is 1. The molecule has 2 fully saturated rings. The molecule has 0 aromatic carbocycles. The first-order chi connectivity index (χ1) is 10.9. The molecule has 1 saturated heterocycles. The van der Waals surface area contributed by atoms with Gasteiger partial charge in [-0.05, 0) is 19.3 Å². The van der Waals surface area contributed by atoms with Crippen LogP contribution < -0.4 is 5.32 Å². The van der Waals surface area contributed by atoms with Crippen LogP contribution in [0.15, 0.2) is 0 Å². The summed E-state index contributed by atoms with van der Waals surface area (Å²) in [6, 6.07) is -0.941. The number of amides is 2. The van der Waals surface area contributed by atoms with Gasteiger partial charge in [-0.3, -0.25) is 14.4 Å². The summed E-state index contributed by atoms with van der Waals surface area (Å²) in [6.45, 7) is 1.77. The highest BCUT2D eigenvalue weighted by atomic mass is 16.5. The van der Waals surface area contributed by atoms with Gasteiger partial charge >= 0.3 is 5.97 Å². The van der Waals surface area contributed by atoms with E-state index in [1.54, 1.807) is 4.90 Å². The summed E-state index contributed by atoms with van der Waals surface area (Å²) in [4.78, 5) is 37.6. The maximum absolute atomic E-state index is 12.9. The molecular weight excluding hydrogens is 300 g/mol. The predicted molar refractivity (Wildman–Crippen MR) is 82.4 cm³/mol. The fourth-order valence-corrected chi connectivity index (χ4v) is 3.90. The van der Waals surface area contributed by atoms with Crippen LogP contribution in [0.3, 0.4) is 0 Å². The van der Waals surface area contributed by atoms with E-state index in [-0.39, 0.29) is 18.2 Å². The molecule has 0 bridgehead atoms. The number of esters is 1. The first kappa shape index (κ1) is 17.7. The molecule has 2 atom stereocenters. The molecule has 2 rings (SSSR count). The fraction of sp³-hybridized carbons (Fsp3) is 0.812. The van der Waals surface area contributed by atoms with Crippen molar-refractivity contribution in [1.82, 2.24) is 10.2 Å². The molecule has 1 spiro atoms. The predicted octanol–water partition coefficient (Wildman–Crippen LogP) is 0.350. The summed E-state index contributed by atoms with van der Waals surface area (Å²) in [6.07, 6.45) is 4.39. The van der Waals surface area contributed by atoms with Gasteiger partial charge in [0.25, 0.3) is 0 Å². The SMILES string of the molecule is COC(=O)CC(NC(C)=O)C(=O)N1CCC(O)C12CCCCC2. The highest BCUT2D eigenvalue weighted by Gasteiger charge is 2.51. The zero-order valence-electron chi connectivity index (χ0n) is 13.8. The second-order valence-electron chi connectivity index (χ2n) is 6.49. The van der Waals surface area contributed by atoms with Gasteiger partial charge in [-0.15, -0.1) is 0 Å². The van der Waals surface area contributed by atoms with Crippen molar-refractivity contribution in [3.8, 4) is 0 Å². The van der Waals surface area contributed by atoms with Crippen LogP contribution in [-0.2, 0) is 19.1 Å². The molecule has 1 saturated carbocycles. The van der Waals surface area contributed by atoms with E-state index >= 15 is 0 Å². The van der Waals surface area contributed by atoms with Crippen LogP contribution in [0.1, 0.15) is 51.9 Å². The quantitative estimate of drug-likeness (QED) is 0.727. The minimum Gasteiger partial charge on any atom is -0.469 e. The van der Waals surface area contributed by atoms with Gasteiger partial charge in [0.15, 0.2) is 0 Å². The van der Waals surface area contributed by atoms with E-state index in [0.29, 0.717) is 13.0 Å². The number of aliphatic hydroxyl groups excluding tert-OH is 1. The lowest BCUT2D eigenvalue weighted by Crippen LogP contribution is -2.59. The number of likely N-dealkylation sites (tertiary alicyclic amines) is 1. The van der Waals surface area contributed by atoms with Gasteiger partial charge in [-0.25, -0.2) is 0 Å². The molecule has 2 aliphatic rings. The number of ether oxygens (including phenoxy) is 1. The highest BCUT2D eigenvalue weighted by Crippen LogP contribution is 2.42. The second-order valence-corrected chi connectivity index (χ2v) is 6.49. The van der Waals surface area contributed by atoms with E-state index in [4.69, 9.17) is 0 Å². The van der Waals surface area contributed by atoms with Crippen molar-refractivity contribution in [1.29, 1.82) is 0 Å². The Morgan fingerprint density at radius 3 is 2.52 bits per heavy atom. The molecule has 23 heavy (non-hydrogen) atoms. The van der Waals surface area contributed by atoms with Crippen LogP contribution in [0.5, 0.6) is 0 Å². The van der Waals surface area contributed by atoms with Gasteiger partial charge in [-0.2, -0.15) is 0 Å². The third-order valence-electron chi connectivity index (χ3n) is 5.04. The van der Waals surface area contributed by atoms with Crippen molar-refractivity contribution in [2.24, 2.45) is 0 Å². The van der Waals surface area contributed by atoms with Crippen LogP contribution in [0.4, 0.5) is 0 Å². The minimum absolute atomic E-state index is 0.197. The maximum Gasteiger partial charge on any atom is 0.308 e. The van der Waals surface area contributed by atoms with Gasteiger partial charge in [0.1, 0.15) is 6.04 Å². The molecular formula is C16H26N2O5. The molecule has 130 valence electrons. The van der Waals surface area contributed by atoms with E-state index in [2.05, 4.69) is 10.1 Å². The number of nitrogens with one attached hydrogen (secondary N) is 1. The second kappa shape index (κ2) is 7.29. The summed E-state index contributed by atoms with van der Waals surface area (Å²) in [7, 11) is 1.25. The third-order valence-corrected chi connectivity index (χ3v) is 5.04. The van der Waals surface area contributed by atoms with E-state index in [1.165, 1.54) is 14.0 Å². The maximum atomic E-state index is 12.9. The zero-order valence-corrected chi connectivity index (χ0v) is 13.8. The molecule has 7 nitrogen and oxygen atoms in total. The fourth-order valence-electron chi connectivity index (χ4n) is 3.90. The van der Waals surface area contributed by atoms with E-state index in [9.17, 15) is 19.5 Å². The standard InChI is InChI=1S/C16H26N2O5/c1-11(19)17-12(10-14(21)23-2)15(22)18-9-6-13(20)16(18)7-4-3-5-8-16/h12-13,20H,3-10H2,1-2H3,(H,17,19). The smallest absolute Gasteiger partial charge is 0.308 e. The molecule has 0 aromatic heterocycles. The molecule has 2 N–H and O–H groups in total. The van der Waals surface area contributed by atoms with E-state index in [1.807, 2.05) is 0 Å². The van der Waals surface area contributed by atoms with Crippen molar-refractivity contribution in [3.63, 3.8) is 0 Å². The Morgan fingerprint density at radius 1 is 1.30 bits per heavy atom. The number of rotatable bonds is 4. The van der Waals surface area contributed by atoms with Gasteiger partial charge < -0.3 is 20.1 Å². The Hall–Kier alpha value is -1.63. The highest BCUT2D eigenvalue weighted by molar-refractivity contribution is 5.91. The summed E-state index contributed by atoms with van der Waals surface area (Å²) in [5.74, 6) is -1.22. The molecule has 1 heterocycles. The van der Waals surface area contributed by atoms with Crippen molar-refractivity contribution < 1.29 is 24.2 Å². The number of carbonyl (C=O) groups is 3. The Bertz CT molecular complexity index is 473. The van der Waals surface area contributed by atoms with Crippen LogP contribution in [0.25, 0.3) is 0 Å². The van der Waals surface area contributed by atoms with Gasteiger partial charge in [0.2, 0.25) is 11.8 Å². The van der Waals surface area contributed by atoms with Crippen LogP contribution in [0, 0.1) is 0 Å². The molecule has 1 aliphatic carbocycles. The number of hydrogen-bond acceptors (Lipinski definition) is 5. The van der Waals surface area contributed by atoms with Crippen molar-refractivity contribution in [2.45, 2.75) is 69.6 Å². The first-order valence-electron chi connectivity index (χ1n) is 8.24. The number of carbonyl (C=O) groups excluding carboxylic acids is 3. The van der Waals surface area contributed by atoms with Crippen LogP contribution in [-0.4, -0.2) is 59.1 Å². The van der Waals surface area contributed by atoms with Gasteiger partial charge in [-0.1, -0.05) is 19.3 Å². The number of nitrogens with zero attached hydrogens (tertiary/aromatic N) is 1. The van der Waals surface area contributed by atoms with E-state index in [0.717, 1.165) is 32.1 Å². The first-order valence-corrected chi connectivity index (χ1v) is 8.24. The van der Waals surface area contributed by atoms with Gasteiger partial charge in [0.05, 0.1) is 25.2 Å². The normalized spacial score (nSPS) is 24.3. The average Bonchev–Trinajstić information content (AvgIpc) is 2.83. The lowest BCUT2D eigenvalue weighted by Gasteiger charge is -2.44. The Balaban J connectivity index is 2.19. The monoisotopic (exact) mass is 326 g/mol. The van der Waals surface area contributed by atoms with Crippen molar-refractivity contribution in [3.05, 3.63) is 0 Å². The van der Waals surface area contributed by atoms with Crippen molar-refractivity contribution in [2.75, 3.05) is 13.7 Å². The average molecular weight is 326 g/mol. The van der Waals surface area contributed by atoms with Crippen LogP contribution in [0.2, 0.25) is 0 Å². The third kappa shape index (κ3) is 3.65. The molecule has 0 aromatic rings. The summed E-state index contributed by atoms with van der Waals surface area (Å²) in [5, 5.41) is 13.0. The lowest BCUT2D eigenvalue weighted by atomic mass is 9.78. The number of hydrogen-bond donors (Lipinski definition) is 2. The Morgan fingerprint density at radius 2 is 1.96 bits per heavy atom. The lowest BCUT2D eigenvalue weighted by molar-refractivity contribution is -0.149. The minimum atomic E-state index is -0.941. The van der Waals surface area contributed by atoms with Crippen LogP contribution >= 0.6 is 0 Å². The summed E-state index contributed by atoms with van der Waals surface area (Å²) >= 11 is 0. The molecule has 0 radical (unpaired) electrons. The Labute approximate surface area is 136 Å². The molecule has 2 amide bonds. The summed E-state index contributed by atoms with van der Waals surface area (Å²) in [5.41, 5.74) is -0.540. The van der Waals surface area contributed by atoms with Crippen molar-refractivity contribution >= 4 is 17.8 Å². The molecule has 7 heteroatoms. The zero-order chi connectivity index (χ0) is 17.0. The van der Waals surface area contributed by atoms with Gasteiger partial charge in [0, 0.05) is 13.5 Å². The topological polar surface area (TPSA) is 95.9 Å². The Kier molecular flexibility index (Phi) is 5.62. The largest absolute Gasteiger partial charge is 0.469 e. The number of aliphatic hydroxyl groups is 1. The molecule has 2 unspecified atom stereocenters. The van der Waals surface area contributed by atoms with E-state index < -0.39 is 23.7 Å².